The van der Waals surface area contributed by atoms with E-state index in [9.17, 15) is 9.59 Å². The summed E-state index contributed by atoms with van der Waals surface area (Å²) in [7, 11) is 1.68. The van der Waals surface area contributed by atoms with Crippen molar-refractivity contribution in [1.82, 2.24) is 10.6 Å². The molecule has 2 N–H and O–H groups in total. The van der Waals surface area contributed by atoms with Gasteiger partial charge in [0.1, 0.15) is 0 Å². The van der Waals surface area contributed by atoms with Gasteiger partial charge in [-0.15, -0.1) is 6.58 Å². The van der Waals surface area contributed by atoms with Crippen molar-refractivity contribution < 1.29 is 9.59 Å². The lowest BCUT2D eigenvalue weighted by Crippen LogP contribution is -2.44. The first kappa shape index (κ1) is 12.8. The van der Waals surface area contributed by atoms with E-state index in [1.54, 1.807) is 13.1 Å². The van der Waals surface area contributed by atoms with E-state index >= 15 is 0 Å². The molecule has 0 rings (SSSR count). The third-order valence-electron chi connectivity index (χ3n) is 1.87. The number of hydrogen-bond donors (Lipinski definition) is 2. The molecule has 0 aliphatic heterocycles. The number of rotatable bonds is 7. The molecule has 1 amide bonds. The van der Waals surface area contributed by atoms with Crippen LogP contribution in [0.3, 0.4) is 0 Å². The molecule has 1 unspecified atom stereocenters. The topological polar surface area (TPSA) is 58.2 Å². The number of Topliss-reactive ketones (excluding diaryl/α,β-unsaturated/α-hetero) is 1. The molecule has 0 spiro atoms. The molecule has 0 heterocycles. The summed E-state index contributed by atoms with van der Waals surface area (Å²) in [6.45, 7) is 5.75. The molecule has 0 aromatic rings. The first-order valence-corrected chi connectivity index (χ1v) is 4.77. The number of ketones is 1. The number of likely N-dealkylation sites (N-methyl/N-ethyl adjacent to an activating group) is 1. The van der Waals surface area contributed by atoms with E-state index in [2.05, 4.69) is 17.2 Å². The predicted octanol–water partition coefficient (Wildman–Crippen LogP) is 0.246. The second-order valence-corrected chi connectivity index (χ2v) is 2.99. The maximum atomic E-state index is 11.5. The van der Waals surface area contributed by atoms with Crippen molar-refractivity contribution >= 4 is 11.7 Å². The molecular weight excluding hydrogens is 180 g/mol. The minimum atomic E-state index is -0.544. The fourth-order valence-electron chi connectivity index (χ4n) is 1.11. The number of carbonyl (C=O) groups is 2. The maximum Gasteiger partial charge on any atom is 0.289 e. The summed E-state index contributed by atoms with van der Waals surface area (Å²) in [5, 5.41) is 5.28. The van der Waals surface area contributed by atoms with Crippen LogP contribution in [0.1, 0.15) is 19.8 Å². The molecule has 0 bridgehead atoms. The van der Waals surface area contributed by atoms with E-state index in [4.69, 9.17) is 0 Å². The van der Waals surface area contributed by atoms with Crippen molar-refractivity contribution in [3.05, 3.63) is 12.7 Å². The summed E-state index contributed by atoms with van der Waals surface area (Å²) < 4.78 is 0. The van der Waals surface area contributed by atoms with Gasteiger partial charge in [0.15, 0.2) is 0 Å². The van der Waals surface area contributed by atoms with Crippen LogP contribution in [0.15, 0.2) is 12.7 Å². The summed E-state index contributed by atoms with van der Waals surface area (Å²) in [5.74, 6) is -0.950. The molecule has 4 heteroatoms. The normalized spacial score (nSPS) is 11.9. The lowest BCUT2D eigenvalue weighted by molar-refractivity contribution is -0.139. The molecule has 1 atom stereocenters. The molecule has 4 nitrogen and oxygen atoms in total. The Morgan fingerprint density at radius 2 is 2.14 bits per heavy atom. The first-order chi connectivity index (χ1) is 6.67. The molecule has 0 saturated carbocycles. The molecule has 0 aliphatic carbocycles. The predicted molar refractivity (Wildman–Crippen MR) is 56.0 cm³/mol. The maximum absolute atomic E-state index is 11.5. The van der Waals surface area contributed by atoms with Crippen LogP contribution in [-0.4, -0.2) is 31.3 Å². The summed E-state index contributed by atoms with van der Waals surface area (Å²) in [6, 6.07) is -0.371. The van der Waals surface area contributed by atoms with E-state index in [1.165, 1.54) is 0 Å². The quantitative estimate of drug-likeness (QED) is 0.455. The largest absolute Gasteiger partial charge is 0.346 e. The zero-order valence-electron chi connectivity index (χ0n) is 8.80. The van der Waals surface area contributed by atoms with Crippen LogP contribution in [0, 0.1) is 0 Å². The molecule has 14 heavy (non-hydrogen) atoms. The Bertz CT molecular complexity index is 214. The molecule has 0 aromatic heterocycles. The van der Waals surface area contributed by atoms with Gasteiger partial charge in [-0.1, -0.05) is 19.4 Å². The minimum absolute atomic E-state index is 0.327. The molecule has 0 aliphatic rings. The average molecular weight is 198 g/mol. The van der Waals surface area contributed by atoms with Crippen LogP contribution in [0.4, 0.5) is 0 Å². The Hall–Kier alpha value is -1.16. The van der Waals surface area contributed by atoms with E-state index in [0.29, 0.717) is 13.0 Å². The zero-order chi connectivity index (χ0) is 11.0. The van der Waals surface area contributed by atoms with Crippen molar-refractivity contribution in [2.24, 2.45) is 0 Å². The molecule has 80 valence electrons. The second-order valence-electron chi connectivity index (χ2n) is 2.99. The van der Waals surface area contributed by atoms with Gasteiger partial charge in [-0.3, -0.25) is 9.59 Å². The summed E-state index contributed by atoms with van der Waals surface area (Å²) >= 11 is 0. The minimum Gasteiger partial charge on any atom is -0.346 e. The van der Waals surface area contributed by atoms with E-state index < -0.39 is 11.7 Å². The van der Waals surface area contributed by atoms with Gasteiger partial charge in [0.05, 0.1) is 6.04 Å². The fourth-order valence-corrected chi connectivity index (χ4v) is 1.11. The Morgan fingerprint density at radius 3 is 2.57 bits per heavy atom. The second kappa shape index (κ2) is 7.26. The van der Waals surface area contributed by atoms with Crippen LogP contribution >= 0.6 is 0 Å². The standard InChI is InChI=1S/C10H18N2O2/c1-4-6-8(11-3)9(13)10(14)12-7-5-2/h5,8,11H,2,4,6-7H2,1,3H3,(H,12,14). The SMILES string of the molecule is C=CCNC(=O)C(=O)C(CCC)NC. The number of amides is 1. The average Bonchev–Trinajstić information content (AvgIpc) is 2.21. The number of hydrogen-bond acceptors (Lipinski definition) is 3. The van der Waals surface area contributed by atoms with Gasteiger partial charge in [0.2, 0.25) is 5.78 Å². The molecular formula is C10H18N2O2. The van der Waals surface area contributed by atoms with Gasteiger partial charge in [0, 0.05) is 6.54 Å². The van der Waals surface area contributed by atoms with Crippen molar-refractivity contribution in [3.8, 4) is 0 Å². The third kappa shape index (κ3) is 4.18. The Kier molecular flexibility index (Phi) is 6.66. The van der Waals surface area contributed by atoms with E-state index in [1.807, 2.05) is 6.92 Å². The summed E-state index contributed by atoms with van der Waals surface area (Å²) in [6.07, 6.45) is 3.09. The van der Waals surface area contributed by atoms with Crippen LogP contribution in [0.25, 0.3) is 0 Å². The van der Waals surface area contributed by atoms with Crippen molar-refractivity contribution in [2.75, 3.05) is 13.6 Å². The van der Waals surface area contributed by atoms with Crippen molar-refractivity contribution in [2.45, 2.75) is 25.8 Å². The van der Waals surface area contributed by atoms with Crippen LogP contribution in [0.2, 0.25) is 0 Å². The Balaban J connectivity index is 4.12. The molecule has 0 radical (unpaired) electrons. The fraction of sp³-hybridized carbons (Fsp3) is 0.600. The molecule has 0 fully saturated rings. The smallest absolute Gasteiger partial charge is 0.289 e. The Labute approximate surface area is 84.8 Å². The molecule has 0 saturated heterocycles. The number of nitrogens with one attached hydrogen (secondary N) is 2. The lowest BCUT2D eigenvalue weighted by Gasteiger charge is -2.12. The van der Waals surface area contributed by atoms with Gasteiger partial charge < -0.3 is 10.6 Å². The van der Waals surface area contributed by atoms with Gasteiger partial charge in [-0.05, 0) is 13.5 Å². The highest BCUT2D eigenvalue weighted by atomic mass is 16.2. The summed E-state index contributed by atoms with van der Waals surface area (Å²) in [4.78, 5) is 22.7. The summed E-state index contributed by atoms with van der Waals surface area (Å²) in [5.41, 5.74) is 0. The van der Waals surface area contributed by atoms with E-state index in [-0.39, 0.29) is 6.04 Å². The zero-order valence-corrected chi connectivity index (χ0v) is 8.80. The van der Waals surface area contributed by atoms with E-state index in [0.717, 1.165) is 6.42 Å². The van der Waals surface area contributed by atoms with Crippen LogP contribution in [0.5, 0.6) is 0 Å². The van der Waals surface area contributed by atoms with Gasteiger partial charge in [-0.25, -0.2) is 0 Å². The van der Waals surface area contributed by atoms with Gasteiger partial charge in [-0.2, -0.15) is 0 Å². The van der Waals surface area contributed by atoms with Gasteiger partial charge in [0.25, 0.3) is 5.91 Å². The Morgan fingerprint density at radius 1 is 1.50 bits per heavy atom. The van der Waals surface area contributed by atoms with Crippen LogP contribution < -0.4 is 10.6 Å². The highest BCUT2D eigenvalue weighted by Gasteiger charge is 2.21. The van der Waals surface area contributed by atoms with Crippen molar-refractivity contribution in [3.63, 3.8) is 0 Å². The molecule has 0 aromatic carbocycles. The van der Waals surface area contributed by atoms with Crippen LogP contribution in [-0.2, 0) is 9.59 Å². The lowest BCUT2D eigenvalue weighted by atomic mass is 10.1. The monoisotopic (exact) mass is 198 g/mol. The van der Waals surface area contributed by atoms with Gasteiger partial charge >= 0.3 is 0 Å². The van der Waals surface area contributed by atoms with Crippen molar-refractivity contribution in [1.29, 1.82) is 0 Å². The first-order valence-electron chi connectivity index (χ1n) is 4.77. The third-order valence-corrected chi connectivity index (χ3v) is 1.87. The number of carbonyl (C=O) groups excluding carboxylic acids is 2. The highest BCUT2D eigenvalue weighted by Crippen LogP contribution is 1.97. The highest BCUT2D eigenvalue weighted by molar-refractivity contribution is 6.38.